The number of H-pyrrole nitrogens is 1. The SMILES string of the molecule is Cn1c(=O)[nH]c2cc(OCCO)ccc21. The van der Waals surface area contributed by atoms with Crippen LogP contribution in [0.1, 0.15) is 0 Å². The molecule has 5 nitrogen and oxygen atoms in total. The minimum absolute atomic E-state index is 0.0245. The Morgan fingerprint density at radius 1 is 1.53 bits per heavy atom. The van der Waals surface area contributed by atoms with E-state index in [4.69, 9.17) is 9.84 Å². The highest BCUT2D eigenvalue weighted by molar-refractivity contribution is 5.76. The maximum atomic E-state index is 11.3. The van der Waals surface area contributed by atoms with Crippen molar-refractivity contribution in [3.05, 3.63) is 28.7 Å². The van der Waals surface area contributed by atoms with E-state index in [1.165, 1.54) is 4.57 Å². The van der Waals surface area contributed by atoms with E-state index in [1.54, 1.807) is 25.2 Å². The number of fused-ring (bicyclic) bond motifs is 1. The van der Waals surface area contributed by atoms with E-state index >= 15 is 0 Å². The topological polar surface area (TPSA) is 67.2 Å². The summed E-state index contributed by atoms with van der Waals surface area (Å²) in [5.74, 6) is 0.637. The number of aromatic nitrogens is 2. The summed E-state index contributed by atoms with van der Waals surface area (Å²) >= 11 is 0. The van der Waals surface area contributed by atoms with E-state index in [0.29, 0.717) is 5.75 Å². The van der Waals surface area contributed by atoms with Crippen molar-refractivity contribution in [1.82, 2.24) is 9.55 Å². The first-order chi connectivity index (χ1) is 7.22. The van der Waals surface area contributed by atoms with Gasteiger partial charge in [-0.3, -0.25) is 4.57 Å². The number of aliphatic hydroxyl groups excluding tert-OH is 1. The molecular weight excluding hydrogens is 196 g/mol. The van der Waals surface area contributed by atoms with Crippen molar-refractivity contribution < 1.29 is 9.84 Å². The van der Waals surface area contributed by atoms with E-state index in [1.807, 2.05) is 0 Å². The lowest BCUT2D eigenvalue weighted by Gasteiger charge is -2.03. The van der Waals surface area contributed by atoms with Crippen molar-refractivity contribution in [1.29, 1.82) is 0 Å². The van der Waals surface area contributed by atoms with Crippen LogP contribution in [0.3, 0.4) is 0 Å². The van der Waals surface area contributed by atoms with Gasteiger partial charge in [-0.1, -0.05) is 0 Å². The summed E-state index contributed by atoms with van der Waals surface area (Å²) in [6.45, 7) is 0.228. The monoisotopic (exact) mass is 208 g/mol. The molecule has 0 aliphatic carbocycles. The smallest absolute Gasteiger partial charge is 0.326 e. The standard InChI is InChI=1S/C10H12N2O3/c1-12-9-3-2-7(15-5-4-13)6-8(9)11-10(12)14/h2-3,6,13H,4-5H2,1H3,(H,11,14). The molecule has 0 amide bonds. The second kappa shape index (κ2) is 3.78. The summed E-state index contributed by atoms with van der Waals surface area (Å²) in [6, 6.07) is 5.32. The lowest BCUT2D eigenvalue weighted by atomic mass is 10.3. The van der Waals surface area contributed by atoms with Crippen LogP contribution in [-0.4, -0.2) is 27.9 Å². The summed E-state index contributed by atoms with van der Waals surface area (Å²) in [6.07, 6.45) is 0. The molecule has 80 valence electrons. The number of hydrogen-bond donors (Lipinski definition) is 2. The van der Waals surface area contributed by atoms with Gasteiger partial charge in [0, 0.05) is 13.1 Å². The van der Waals surface area contributed by atoms with Crippen molar-refractivity contribution >= 4 is 11.0 Å². The first-order valence-electron chi connectivity index (χ1n) is 4.65. The fraction of sp³-hybridized carbons (Fsp3) is 0.300. The molecule has 0 atom stereocenters. The van der Waals surface area contributed by atoms with E-state index < -0.39 is 0 Å². The maximum Gasteiger partial charge on any atom is 0.326 e. The summed E-state index contributed by atoms with van der Waals surface area (Å²) in [4.78, 5) is 14.0. The lowest BCUT2D eigenvalue weighted by Crippen LogP contribution is -2.11. The van der Waals surface area contributed by atoms with E-state index in [-0.39, 0.29) is 18.9 Å². The maximum absolute atomic E-state index is 11.3. The second-order valence-corrected chi connectivity index (χ2v) is 3.24. The minimum Gasteiger partial charge on any atom is -0.491 e. The van der Waals surface area contributed by atoms with Crippen molar-refractivity contribution in [3.8, 4) is 5.75 Å². The van der Waals surface area contributed by atoms with Crippen LogP contribution in [-0.2, 0) is 7.05 Å². The average molecular weight is 208 g/mol. The number of imidazole rings is 1. The third-order valence-electron chi connectivity index (χ3n) is 2.24. The normalized spacial score (nSPS) is 10.8. The lowest BCUT2D eigenvalue weighted by molar-refractivity contribution is 0.201. The van der Waals surface area contributed by atoms with Gasteiger partial charge in [0.15, 0.2) is 0 Å². The molecule has 0 unspecified atom stereocenters. The Balaban J connectivity index is 2.43. The molecule has 0 saturated carbocycles. The number of aliphatic hydroxyl groups is 1. The minimum atomic E-state index is -0.149. The van der Waals surface area contributed by atoms with Gasteiger partial charge in [-0.25, -0.2) is 4.79 Å². The van der Waals surface area contributed by atoms with Crippen molar-refractivity contribution in [3.63, 3.8) is 0 Å². The number of hydrogen-bond acceptors (Lipinski definition) is 3. The number of nitrogens with zero attached hydrogens (tertiary/aromatic N) is 1. The largest absolute Gasteiger partial charge is 0.491 e. The average Bonchev–Trinajstić information content (AvgIpc) is 2.52. The van der Waals surface area contributed by atoms with Crippen molar-refractivity contribution in [2.24, 2.45) is 7.05 Å². The molecule has 0 saturated heterocycles. The Kier molecular flexibility index (Phi) is 2.47. The summed E-state index contributed by atoms with van der Waals surface area (Å²) in [5, 5.41) is 8.60. The van der Waals surface area contributed by atoms with Gasteiger partial charge in [0.05, 0.1) is 17.6 Å². The third-order valence-corrected chi connectivity index (χ3v) is 2.24. The van der Waals surface area contributed by atoms with Gasteiger partial charge in [0.25, 0.3) is 0 Å². The molecule has 0 spiro atoms. The molecule has 1 aromatic heterocycles. The Morgan fingerprint density at radius 3 is 3.07 bits per heavy atom. The quantitative estimate of drug-likeness (QED) is 0.759. The summed E-state index contributed by atoms with van der Waals surface area (Å²) in [7, 11) is 1.70. The fourth-order valence-corrected chi connectivity index (χ4v) is 1.47. The number of aryl methyl sites for hydroxylation is 1. The van der Waals surface area contributed by atoms with Gasteiger partial charge < -0.3 is 14.8 Å². The predicted octanol–water partition coefficient (Wildman–Crippen LogP) is 0.238. The zero-order chi connectivity index (χ0) is 10.8. The molecule has 5 heteroatoms. The Hall–Kier alpha value is -1.75. The van der Waals surface area contributed by atoms with E-state index in [9.17, 15) is 4.79 Å². The van der Waals surface area contributed by atoms with Crippen molar-refractivity contribution in [2.45, 2.75) is 0 Å². The molecule has 1 heterocycles. The Labute approximate surface area is 85.9 Å². The first-order valence-corrected chi connectivity index (χ1v) is 4.65. The number of aromatic amines is 1. The van der Waals surface area contributed by atoms with Crippen LogP contribution >= 0.6 is 0 Å². The Morgan fingerprint density at radius 2 is 2.33 bits per heavy atom. The zero-order valence-corrected chi connectivity index (χ0v) is 8.36. The van der Waals surface area contributed by atoms with Crippen LogP contribution in [0, 0.1) is 0 Å². The highest BCUT2D eigenvalue weighted by atomic mass is 16.5. The van der Waals surface area contributed by atoms with Crippen molar-refractivity contribution in [2.75, 3.05) is 13.2 Å². The van der Waals surface area contributed by atoms with Crippen LogP contribution in [0.5, 0.6) is 5.75 Å². The zero-order valence-electron chi connectivity index (χ0n) is 8.36. The third kappa shape index (κ3) is 1.73. The van der Waals surface area contributed by atoms with E-state index in [0.717, 1.165) is 11.0 Å². The molecule has 2 aromatic rings. The molecule has 15 heavy (non-hydrogen) atoms. The van der Waals surface area contributed by atoms with E-state index in [2.05, 4.69) is 4.98 Å². The number of rotatable bonds is 3. The van der Waals surface area contributed by atoms with Crippen LogP contribution in [0.4, 0.5) is 0 Å². The predicted molar refractivity (Wildman–Crippen MR) is 56.1 cm³/mol. The highest BCUT2D eigenvalue weighted by Gasteiger charge is 2.03. The second-order valence-electron chi connectivity index (χ2n) is 3.24. The summed E-state index contributed by atoms with van der Waals surface area (Å²) in [5.41, 5.74) is 1.42. The van der Waals surface area contributed by atoms with Crippen LogP contribution in [0.15, 0.2) is 23.0 Å². The molecular formula is C10H12N2O3. The van der Waals surface area contributed by atoms with Gasteiger partial charge in [0.1, 0.15) is 12.4 Å². The molecule has 0 fully saturated rings. The van der Waals surface area contributed by atoms with Gasteiger partial charge >= 0.3 is 5.69 Å². The van der Waals surface area contributed by atoms with Gasteiger partial charge in [-0.2, -0.15) is 0 Å². The fourth-order valence-electron chi connectivity index (χ4n) is 1.47. The molecule has 1 aromatic carbocycles. The van der Waals surface area contributed by atoms with Gasteiger partial charge in [-0.05, 0) is 12.1 Å². The molecule has 2 rings (SSSR count). The molecule has 0 radical (unpaired) electrons. The number of nitrogens with one attached hydrogen (secondary N) is 1. The summed E-state index contributed by atoms with van der Waals surface area (Å²) < 4.78 is 6.76. The Bertz CT molecular complexity index is 527. The van der Waals surface area contributed by atoms with Crippen LogP contribution in [0.2, 0.25) is 0 Å². The molecule has 0 bridgehead atoms. The van der Waals surface area contributed by atoms with Gasteiger partial charge in [-0.15, -0.1) is 0 Å². The van der Waals surface area contributed by atoms with Crippen LogP contribution < -0.4 is 10.4 Å². The number of ether oxygens (including phenoxy) is 1. The van der Waals surface area contributed by atoms with Gasteiger partial charge in [0.2, 0.25) is 0 Å². The van der Waals surface area contributed by atoms with Crippen LogP contribution in [0.25, 0.3) is 11.0 Å². The first kappa shape index (κ1) is 9.79. The molecule has 0 aliphatic heterocycles. The molecule has 0 aliphatic rings. The molecule has 2 N–H and O–H groups in total. The number of benzene rings is 1. The highest BCUT2D eigenvalue weighted by Crippen LogP contribution is 2.17.